The topological polar surface area (TPSA) is 147 Å². The minimum atomic E-state index is -5.08. The summed E-state index contributed by atoms with van der Waals surface area (Å²) in [4.78, 5) is 42.7. The molecule has 10 nitrogen and oxygen atoms in total. The summed E-state index contributed by atoms with van der Waals surface area (Å²) < 4.78 is 78.5. The third-order valence-corrected chi connectivity index (χ3v) is 4.17. The maximum atomic E-state index is 13.2. The van der Waals surface area contributed by atoms with Crippen LogP contribution in [0.3, 0.4) is 0 Å². The number of carbonyl (C=O) groups is 3. The predicted molar refractivity (Wildman–Crippen MR) is 118 cm³/mol. The Morgan fingerprint density at radius 3 is 1.90 bits per heavy atom. The van der Waals surface area contributed by atoms with Gasteiger partial charge in [0.25, 0.3) is 5.91 Å². The van der Waals surface area contributed by atoms with Crippen LogP contribution in [0.15, 0.2) is 67.3 Å². The Morgan fingerprint density at radius 2 is 1.41 bits per heavy atom. The number of anilines is 1. The van der Waals surface area contributed by atoms with E-state index in [9.17, 15) is 35.5 Å². The number of alkyl halides is 6. The summed E-state index contributed by atoms with van der Waals surface area (Å²) in [6.07, 6.45) is -5.47. The molecule has 0 saturated heterocycles. The molecule has 0 bridgehead atoms. The number of rotatable bonds is 3. The van der Waals surface area contributed by atoms with Crippen molar-refractivity contribution in [1.82, 2.24) is 19.4 Å². The Hall–Kier alpha value is -5.09. The molecular weight excluding hydrogens is 547 g/mol. The van der Waals surface area contributed by atoms with Gasteiger partial charge in [-0.25, -0.2) is 28.9 Å². The van der Waals surface area contributed by atoms with E-state index in [1.165, 1.54) is 24.7 Å². The molecule has 0 spiro atoms. The minimum absolute atomic E-state index is 0.263. The number of aliphatic carboxylic acids is 2. The van der Waals surface area contributed by atoms with Crippen LogP contribution in [0.4, 0.5) is 36.6 Å². The van der Waals surface area contributed by atoms with E-state index in [1.807, 2.05) is 18.3 Å². The molecule has 3 aromatic heterocycles. The Balaban J connectivity index is 0.000000317. The normalized spacial score (nSPS) is 10.9. The molecule has 3 N–H and O–H groups in total. The highest BCUT2D eigenvalue weighted by atomic mass is 19.4. The molecule has 0 aliphatic carbocycles. The first-order valence-electron chi connectivity index (χ1n) is 10.0. The third-order valence-electron chi connectivity index (χ3n) is 4.17. The third kappa shape index (κ3) is 8.76. The van der Waals surface area contributed by atoms with Gasteiger partial charge in [0.05, 0.1) is 5.52 Å². The quantitative estimate of drug-likeness (QED) is 0.311. The van der Waals surface area contributed by atoms with Gasteiger partial charge in [0, 0.05) is 18.0 Å². The van der Waals surface area contributed by atoms with Crippen LogP contribution in [0.1, 0.15) is 10.5 Å². The second-order valence-corrected chi connectivity index (χ2v) is 6.90. The maximum absolute atomic E-state index is 13.2. The number of aromatic nitrogens is 4. The van der Waals surface area contributed by atoms with Gasteiger partial charge in [0.1, 0.15) is 23.8 Å². The number of halogens is 7. The molecule has 1 aromatic carbocycles. The van der Waals surface area contributed by atoms with Crippen molar-refractivity contribution < 1.29 is 55.3 Å². The molecule has 0 unspecified atom stereocenters. The van der Waals surface area contributed by atoms with Crippen LogP contribution in [0.2, 0.25) is 0 Å². The lowest BCUT2D eigenvalue weighted by Crippen LogP contribution is -2.21. The van der Waals surface area contributed by atoms with Crippen molar-refractivity contribution in [3.63, 3.8) is 0 Å². The number of nitrogens with one attached hydrogen (secondary N) is 1. The van der Waals surface area contributed by atoms with Crippen molar-refractivity contribution >= 4 is 29.2 Å². The molecule has 0 aliphatic rings. The monoisotopic (exact) mass is 561 g/mol. The Bertz CT molecular complexity index is 1420. The molecule has 1 amide bonds. The van der Waals surface area contributed by atoms with Gasteiger partial charge >= 0.3 is 24.3 Å². The zero-order chi connectivity index (χ0) is 29.4. The molecule has 4 rings (SSSR count). The lowest BCUT2D eigenvalue weighted by molar-refractivity contribution is -0.193. The summed E-state index contributed by atoms with van der Waals surface area (Å²) >= 11 is 0. The molecule has 3 heterocycles. The van der Waals surface area contributed by atoms with E-state index in [0.29, 0.717) is 22.7 Å². The fourth-order valence-corrected chi connectivity index (χ4v) is 2.55. The van der Waals surface area contributed by atoms with Crippen LogP contribution >= 0.6 is 0 Å². The first kappa shape index (κ1) is 30.1. The van der Waals surface area contributed by atoms with Gasteiger partial charge in [0.15, 0.2) is 5.69 Å². The zero-order valence-corrected chi connectivity index (χ0v) is 18.9. The summed E-state index contributed by atoms with van der Waals surface area (Å²) in [6, 6.07) is 13.0. The van der Waals surface area contributed by atoms with Gasteiger partial charge in [-0.15, -0.1) is 0 Å². The minimum Gasteiger partial charge on any atom is -0.475 e. The molecule has 39 heavy (non-hydrogen) atoms. The van der Waals surface area contributed by atoms with Gasteiger partial charge < -0.3 is 15.5 Å². The number of nitrogens with zero attached hydrogens (tertiary/aromatic N) is 4. The highest BCUT2D eigenvalue weighted by molar-refractivity contribution is 6.07. The molecule has 4 aromatic rings. The van der Waals surface area contributed by atoms with Crippen LogP contribution in [0, 0.1) is 5.82 Å². The number of fused-ring (bicyclic) bond motifs is 1. The number of benzene rings is 1. The standard InChI is InChI=1S/C18H12FN5O.2C2HF3O2/c19-13-6-4-12(5-7-13)17-23-16(14-3-1-2-10-24(14)17)18(25)22-15-8-9-20-11-21-15;2*3-2(4,5)1(6)7/h1-11H,(H,20,21,22,25);2*(H,6,7). The van der Waals surface area contributed by atoms with Crippen LogP contribution in [-0.4, -0.2) is 59.8 Å². The molecule has 0 fully saturated rings. The van der Waals surface area contributed by atoms with E-state index in [0.717, 1.165) is 0 Å². The van der Waals surface area contributed by atoms with Crippen molar-refractivity contribution in [3.8, 4) is 11.4 Å². The summed E-state index contributed by atoms with van der Waals surface area (Å²) in [5.74, 6) is -5.27. The molecule has 0 radical (unpaired) electrons. The average molecular weight is 561 g/mol. The van der Waals surface area contributed by atoms with E-state index in [2.05, 4.69) is 20.3 Å². The molecule has 206 valence electrons. The van der Waals surface area contributed by atoms with Crippen LogP contribution in [-0.2, 0) is 9.59 Å². The van der Waals surface area contributed by atoms with Crippen molar-refractivity contribution in [2.45, 2.75) is 12.4 Å². The SMILES string of the molecule is O=C(Nc1ccncn1)c1nc(-c2ccc(F)cc2)n2ccccc12.O=C(O)C(F)(F)F.O=C(O)C(F)(F)F. The number of hydrogen-bond donors (Lipinski definition) is 3. The largest absolute Gasteiger partial charge is 0.490 e. The summed E-state index contributed by atoms with van der Waals surface area (Å²) in [6.45, 7) is 0. The van der Waals surface area contributed by atoms with Crippen LogP contribution in [0.25, 0.3) is 16.9 Å². The summed E-state index contributed by atoms with van der Waals surface area (Å²) in [5.41, 5.74) is 1.62. The number of pyridine rings is 1. The molecule has 0 aliphatic heterocycles. The molecule has 0 atom stereocenters. The second-order valence-electron chi connectivity index (χ2n) is 6.90. The lowest BCUT2D eigenvalue weighted by Gasteiger charge is -2.01. The number of carbonyl (C=O) groups excluding carboxylic acids is 1. The van der Waals surface area contributed by atoms with Crippen LogP contribution < -0.4 is 5.32 Å². The van der Waals surface area contributed by atoms with Gasteiger partial charge in [-0.1, -0.05) is 6.07 Å². The van der Waals surface area contributed by atoms with E-state index >= 15 is 0 Å². The van der Waals surface area contributed by atoms with Crippen molar-refractivity contribution in [2.75, 3.05) is 5.32 Å². The molecule has 17 heteroatoms. The highest BCUT2D eigenvalue weighted by Gasteiger charge is 2.38. The smallest absolute Gasteiger partial charge is 0.475 e. The van der Waals surface area contributed by atoms with Gasteiger partial charge in [-0.3, -0.25) is 9.20 Å². The van der Waals surface area contributed by atoms with E-state index in [1.54, 1.807) is 28.7 Å². The van der Waals surface area contributed by atoms with Gasteiger partial charge in [-0.2, -0.15) is 26.3 Å². The van der Waals surface area contributed by atoms with E-state index in [-0.39, 0.29) is 17.4 Å². The number of hydrogen-bond acceptors (Lipinski definition) is 6. The average Bonchev–Trinajstić information content (AvgIpc) is 3.25. The maximum Gasteiger partial charge on any atom is 0.490 e. The van der Waals surface area contributed by atoms with Crippen molar-refractivity contribution in [2.24, 2.45) is 0 Å². The fraction of sp³-hybridized carbons (Fsp3) is 0.0909. The molecular formula is C22H14F7N5O5. The summed E-state index contributed by atoms with van der Waals surface area (Å²) in [7, 11) is 0. The highest BCUT2D eigenvalue weighted by Crippen LogP contribution is 2.23. The van der Waals surface area contributed by atoms with Gasteiger partial charge in [-0.05, 0) is 42.5 Å². The van der Waals surface area contributed by atoms with E-state index < -0.39 is 24.3 Å². The number of carboxylic acids is 2. The van der Waals surface area contributed by atoms with Crippen molar-refractivity contribution in [1.29, 1.82) is 0 Å². The van der Waals surface area contributed by atoms with Gasteiger partial charge in [0.2, 0.25) is 0 Å². The van der Waals surface area contributed by atoms with E-state index in [4.69, 9.17) is 19.8 Å². The second kappa shape index (κ2) is 12.4. The first-order valence-corrected chi connectivity index (χ1v) is 10.0. The molecule has 0 saturated carbocycles. The fourth-order valence-electron chi connectivity index (χ4n) is 2.55. The van der Waals surface area contributed by atoms with Crippen LogP contribution in [0.5, 0.6) is 0 Å². The Labute approximate surface area is 212 Å². The number of imidazole rings is 1. The zero-order valence-electron chi connectivity index (χ0n) is 18.9. The predicted octanol–water partition coefficient (Wildman–Crippen LogP) is 4.45. The Morgan fingerprint density at radius 1 is 0.846 bits per heavy atom. The summed E-state index contributed by atoms with van der Waals surface area (Å²) in [5, 5.41) is 16.9. The van der Waals surface area contributed by atoms with Crippen molar-refractivity contribution in [3.05, 3.63) is 78.8 Å². The lowest BCUT2D eigenvalue weighted by atomic mass is 10.2. The number of amides is 1. The number of carboxylic acid groups (broad SMARTS) is 2. The first-order chi connectivity index (χ1) is 18.1. The Kier molecular flexibility index (Phi) is 9.61.